The zero-order valence-corrected chi connectivity index (χ0v) is 11.1. The van der Waals surface area contributed by atoms with E-state index in [9.17, 15) is 0 Å². The van der Waals surface area contributed by atoms with E-state index in [0.717, 1.165) is 15.6 Å². The molecule has 2 aromatic rings. The molecule has 0 saturated carbocycles. The van der Waals surface area contributed by atoms with Gasteiger partial charge in [0.2, 0.25) is 0 Å². The Morgan fingerprint density at radius 3 is 2.78 bits per heavy atom. The number of hydrogen-bond acceptors (Lipinski definition) is 4. The fraction of sp³-hybridized carbons (Fsp3) is 0.0833. The van der Waals surface area contributed by atoms with Gasteiger partial charge in [-0.05, 0) is 25.1 Å². The molecule has 1 heterocycles. The topological polar surface area (TPSA) is 71.8 Å². The van der Waals surface area contributed by atoms with Gasteiger partial charge < -0.3 is 15.4 Å². The first-order chi connectivity index (χ1) is 8.63. The summed E-state index contributed by atoms with van der Waals surface area (Å²) in [6.07, 6.45) is 1.62. The summed E-state index contributed by atoms with van der Waals surface area (Å²) >= 11 is 7.53. The molecule has 0 bridgehead atoms. The number of nitrogens with two attached hydrogens (primary N) is 1. The highest BCUT2D eigenvalue weighted by atomic mass is 35.5. The van der Waals surface area contributed by atoms with E-state index in [-0.39, 0.29) is 5.84 Å². The Bertz CT molecular complexity index is 596. The molecular weight excluding hydrogens is 272 g/mol. The minimum Gasteiger partial charge on any atom is -0.468 e. The van der Waals surface area contributed by atoms with Gasteiger partial charge in [-0.15, -0.1) is 0 Å². The molecule has 1 aromatic heterocycles. The van der Waals surface area contributed by atoms with E-state index in [1.165, 1.54) is 11.8 Å². The molecule has 0 aliphatic heterocycles. The second-order valence-electron chi connectivity index (χ2n) is 3.54. The van der Waals surface area contributed by atoms with Crippen molar-refractivity contribution in [2.24, 2.45) is 10.9 Å². The molecule has 0 amide bonds. The van der Waals surface area contributed by atoms with Crippen LogP contribution in [0.2, 0.25) is 5.02 Å². The summed E-state index contributed by atoms with van der Waals surface area (Å²) in [5.41, 5.74) is 6.16. The predicted octanol–water partition coefficient (Wildman–Crippen LogP) is 3.49. The zero-order valence-electron chi connectivity index (χ0n) is 9.55. The van der Waals surface area contributed by atoms with E-state index in [1.807, 2.05) is 25.1 Å². The molecule has 3 N–H and O–H groups in total. The van der Waals surface area contributed by atoms with Crippen LogP contribution in [0.3, 0.4) is 0 Å². The summed E-state index contributed by atoms with van der Waals surface area (Å²) in [6.45, 7) is 1.87. The number of nitrogens with zero attached hydrogens (tertiary/aromatic N) is 1. The summed E-state index contributed by atoms with van der Waals surface area (Å²) in [7, 11) is 0. The monoisotopic (exact) mass is 282 g/mol. The van der Waals surface area contributed by atoms with E-state index in [2.05, 4.69) is 5.16 Å². The molecule has 0 unspecified atom stereocenters. The standard InChI is InChI=1S/C12H11ClN2O2S/c1-7-9(5-6-17-7)18-10-4-2-3-8(13)11(10)12(14)15-16/h2-6,16H,1H3,(H2,14,15). The van der Waals surface area contributed by atoms with Crippen molar-refractivity contribution in [3.63, 3.8) is 0 Å². The first-order valence-electron chi connectivity index (χ1n) is 5.12. The molecule has 0 radical (unpaired) electrons. The van der Waals surface area contributed by atoms with Gasteiger partial charge in [0.25, 0.3) is 0 Å². The van der Waals surface area contributed by atoms with Gasteiger partial charge in [0, 0.05) is 4.90 Å². The van der Waals surface area contributed by atoms with Crippen molar-refractivity contribution >= 4 is 29.2 Å². The molecule has 1 aromatic carbocycles. The van der Waals surface area contributed by atoms with E-state index in [0.29, 0.717) is 10.6 Å². The Balaban J connectivity index is 2.45. The van der Waals surface area contributed by atoms with Gasteiger partial charge in [-0.1, -0.05) is 34.6 Å². The zero-order chi connectivity index (χ0) is 13.1. The molecule has 0 spiro atoms. The molecule has 0 atom stereocenters. The molecular formula is C12H11ClN2O2S. The lowest BCUT2D eigenvalue weighted by atomic mass is 10.2. The average Bonchev–Trinajstić information content (AvgIpc) is 2.74. The van der Waals surface area contributed by atoms with E-state index >= 15 is 0 Å². The van der Waals surface area contributed by atoms with Crippen molar-refractivity contribution in [1.29, 1.82) is 0 Å². The maximum Gasteiger partial charge on any atom is 0.172 e. The van der Waals surface area contributed by atoms with Gasteiger partial charge in [-0.3, -0.25) is 0 Å². The largest absolute Gasteiger partial charge is 0.468 e. The number of rotatable bonds is 3. The number of amidine groups is 1. The molecule has 0 fully saturated rings. The van der Waals surface area contributed by atoms with Crippen LogP contribution in [0.15, 0.2) is 49.9 Å². The lowest BCUT2D eigenvalue weighted by Gasteiger charge is -2.09. The SMILES string of the molecule is Cc1occc1Sc1cccc(Cl)c1/C(N)=N/O. The number of oxime groups is 1. The number of aryl methyl sites for hydroxylation is 1. The van der Waals surface area contributed by atoms with Crippen LogP contribution in [0.5, 0.6) is 0 Å². The second-order valence-corrected chi connectivity index (χ2v) is 5.03. The van der Waals surface area contributed by atoms with Crippen LogP contribution in [0.4, 0.5) is 0 Å². The Morgan fingerprint density at radius 1 is 1.39 bits per heavy atom. The van der Waals surface area contributed by atoms with Crippen molar-refractivity contribution in [3.8, 4) is 0 Å². The lowest BCUT2D eigenvalue weighted by molar-refractivity contribution is 0.318. The highest BCUT2D eigenvalue weighted by Crippen LogP contribution is 2.35. The summed E-state index contributed by atoms with van der Waals surface area (Å²) in [4.78, 5) is 1.77. The normalized spacial score (nSPS) is 11.8. The summed E-state index contributed by atoms with van der Waals surface area (Å²) in [6, 6.07) is 7.22. The van der Waals surface area contributed by atoms with Crippen LogP contribution < -0.4 is 5.73 Å². The van der Waals surface area contributed by atoms with Gasteiger partial charge in [0.05, 0.1) is 21.7 Å². The van der Waals surface area contributed by atoms with Crippen molar-refractivity contribution < 1.29 is 9.62 Å². The molecule has 0 saturated heterocycles. The summed E-state index contributed by atoms with van der Waals surface area (Å²) in [5, 5.41) is 12.2. The first-order valence-corrected chi connectivity index (χ1v) is 6.31. The van der Waals surface area contributed by atoms with E-state index in [4.69, 9.17) is 27.0 Å². The van der Waals surface area contributed by atoms with Gasteiger partial charge in [-0.2, -0.15) is 0 Å². The minimum absolute atomic E-state index is 0.00996. The molecule has 0 aliphatic carbocycles. The Morgan fingerprint density at radius 2 is 2.17 bits per heavy atom. The molecule has 0 aliphatic rings. The number of hydrogen-bond donors (Lipinski definition) is 2. The minimum atomic E-state index is -0.00996. The summed E-state index contributed by atoms with van der Waals surface area (Å²) in [5.74, 6) is 0.801. The molecule has 6 heteroatoms. The first kappa shape index (κ1) is 12.9. The Hall–Kier alpha value is -1.59. The Labute approximate surface area is 113 Å². The number of halogens is 1. The smallest absolute Gasteiger partial charge is 0.172 e. The van der Waals surface area contributed by atoms with E-state index in [1.54, 1.807) is 12.3 Å². The van der Waals surface area contributed by atoms with Crippen LogP contribution in [-0.2, 0) is 0 Å². The van der Waals surface area contributed by atoms with Gasteiger partial charge >= 0.3 is 0 Å². The molecule has 18 heavy (non-hydrogen) atoms. The van der Waals surface area contributed by atoms with Crippen molar-refractivity contribution in [3.05, 3.63) is 46.9 Å². The van der Waals surface area contributed by atoms with Crippen LogP contribution in [-0.4, -0.2) is 11.0 Å². The second kappa shape index (κ2) is 5.37. The number of furan rings is 1. The summed E-state index contributed by atoms with van der Waals surface area (Å²) < 4.78 is 5.23. The maximum absolute atomic E-state index is 8.79. The molecule has 2 rings (SSSR count). The average molecular weight is 283 g/mol. The van der Waals surface area contributed by atoms with Crippen molar-refractivity contribution in [2.75, 3.05) is 0 Å². The molecule has 4 nitrogen and oxygen atoms in total. The highest BCUT2D eigenvalue weighted by Gasteiger charge is 2.14. The lowest BCUT2D eigenvalue weighted by Crippen LogP contribution is -2.14. The Kier molecular flexibility index (Phi) is 3.84. The molecule has 94 valence electrons. The van der Waals surface area contributed by atoms with Crippen LogP contribution in [0, 0.1) is 6.92 Å². The fourth-order valence-corrected chi connectivity index (χ4v) is 2.83. The van der Waals surface area contributed by atoms with Gasteiger partial charge in [0.15, 0.2) is 5.84 Å². The number of benzene rings is 1. The van der Waals surface area contributed by atoms with E-state index < -0.39 is 0 Å². The predicted molar refractivity (Wildman–Crippen MR) is 71.5 cm³/mol. The third-order valence-electron chi connectivity index (χ3n) is 2.37. The maximum atomic E-state index is 8.79. The van der Waals surface area contributed by atoms with Crippen LogP contribution in [0.25, 0.3) is 0 Å². The van der Waals surface area contributed by atoms with Gasteiger partial charge in [-0.25, -0.2) is 0 Å². The van der Waals surface area contributed by atoms with Crippen molar-refractivity contribution in [2.45, 2.75) is 16.7 Å². The quantitative estimate of drug-likeness (QED) is 0.391. The van der Waals surface area contributed by atoms with Crippen molar-refractivity contribution in [1.82, 2.24) is 0 Å². The third kappa shape index (κ3) is 2.47. The highest BCUT2D eigenvalue weighted by molar-refractivity contribution is 7.99. The van der Waals surface area contributed by atoms with Crippen LogP contribution in [0.1, 0.15) is 11.3 Å². The van der Waals surface area contributed by atoms with Crippen LogP contribution >= 0.6 is 23.4 Å². The third-order valence-corrected chi connectivity index (χ3v) is 3.89. The fourth-order valence-electron chi connectivity index (χ4n) is 1.49. The van der Waals surface area contributed by atoms with Gasteiger partial charge in [0.1, 0.15) is 5.76 Å².